The predicted molar refractivity (Wildman–Crippen MR) is 79.7 cm³/mol. The molecule has 0 unspecified atom stereocenters. The van der Waals surface area contributed by atoms with Crippen LogP contribution in [0.2, 0.25) is 5.02 Å². The maximum Gasteiger partial charge on any atom is 0.144 e. The molecule has 0 amide bonds. The van der Waals surface area contributed by atoms with E-state index in [0.29, 0.717) is 11.4 Å². The van der Waals surface area contributed by atoms with E-state index in [2.05, 4.69) is 6.92 Å². The first kappa shape index (κ1) is 13.7. The van der Waals surface area contributed by atoms with Crippen molar-refractivity contribution in [3.63, 3.8) is 0 Å². The van der Waals surface area contributed by atoms with Crippen LogP contribution in [0.4, 0.5) is 21.5 Å². The fourth-order valence-electron chi connectivity index (χ4n) is 1.94. The van der Waals surface area contributed by atoms with E-state index in [9.17, 15) is 4.39 Å². The maximum absolute atomic E-state index is 13.5. The molecule has 19 heavy (non-hydrogen) atoms. The Balaban J connectivity index is 2.37. The average molecular weight is 279 g/mol. The van der Waals surface area contributed by atoms with Crippen molar-refractivity contribution in [2.75, 3.05) is 17.7 Å². The highest BCUT2D eigenvalue weighted by molar-refractivity contribution is 6.31. The third kappa shape index (κ3) is 2.82. The fourth-order valence-corrected chi connectivity index (χ4v) is 2.11. The number of nitrogens with zero attached hydrogens (tertiary/aromatic N) is 1. The van der Waals surface area contributed by atoms with Crippen LogP contribution in [0.15, 0.2) is 36.4 Å². The molecule has 0 saturated carbocycles. The summed E-state index contributed by atoms with van der Waals surface area (Å²) in [5.74, 6) is -0.470. The second-order valence-corrected chi connectivity index (χ2v) is 4.81. The lowest BCUT2D eigenvalue weighted by Gasteiger charge is -2.22. The topological polar surface area (TPSA) is 29.3 Å². The molecule has 0 radical (unpaired) electrons. The van der Waals surface area contributed by atoms with Crippen molar-refractivity contribution in [2.45, 2.75) is 13.3 Å². The second kappa shape index (κ2) is 5.49. The highest BCUT2D eigenvalue weighted by Gasteiger charge is 2.11. The van der Waals surface area contributed by atoms with Gasteiger partial charge >= 0.3 is 0 Å². The lowest BCUT2D eigenvalue weighted by molar-refractivity contribution is 0.628. The Morgan fingerprint density at radius 3 is 2.42 bits per heavy atom. The standard InChI is InChI=1S/C15H16ClFN2/c1-3-10-4-6-11(7-5-10)19(2)15-9-13(17)12(16)8-14(15)18/h4-9H,3,18H2,1-2H3. The lowest BCUT2D eigenvalue weighted by Crippen LogP contribution is -2.12. The zero-order valence-electron chi connectivity index (χ0n) is 11.0. The monoisotopic (exact) mass is 278 g/mol. The van der Waals surface area contributed by atoms with E-state index in [1.54, 1.807) is 0 Å². The molecule has 2 rings (SSSR count). The van der Waals surface area contributed by atoms with Crippen LogP contribution in [0.3, 0.4) is 0 Å². The van der Waals surface area contributed by atoms with Crippen LogP contribution in [-0.4, -0.2) is 7.05 Å². The number of halogens is 2. The summed E-state index contributed by atoms with van der Waals surface area (Å²) in [5, 5.41) is 0.0379. The quantitative estimate of drug-likeness (QED) is 0.844. The van der Waals surface area contributed by atoms with Crippen LogP contribution >= 0.6 is 11.6 Å². The van der Waals surface area contributed by atoms with Gasteiger partial charge in [0.05, 0.1) is 16.4 Å². The van der Waals surface area contributed by atoms with Crippen molar-refractivity contribution >= 4 is 28.7 Å². The molecule has 0 aliphatic rings. The van der Waals surface area contributed by atoms with Crippen LogP contribution in [0.5, 0.6) is 0 Å². The summed E-state index contributed by atoms with van der Waals surface area (Å²) in [6.45, 7) is 2.10. The van der Waals surface area contributed by atoms with E-state index in [1.165, 1.54) is 17.7 Å². The Labute approximate surface area is 117 Å². The Bertz CT molecular complexity index is 581. The second-order valence-electron chi connectivity index (χ2n) is 4.40. The molecule has 0 bridgehead atoms. The maximum atomic E-state index is 13.5. The summed E-state index contributed by atoms with van der Waals surface area (Å²) in [4.78, 5) is 1.84. The van der Waals surface area contributed by atoms with E-state index < -0.39 is 5.82 Å². The molecule has 2 aromatic carbocycles. The van der Waals surface area contributed by atoms with Gasteiger partial charge in [-0.05, 0) is 30.2 Å². The summed E-state index contributed by atoms with van der Waals surface area (Å²) < 4.78 is 13.5. The Hall–Kier alpha value is -1.74. The van der Waals surface area contributed by atoms with Gasteiger partial charge < -0.3 is 10.6 Å². The van der Waals surface area contributed by atoms with Crippen molar-refractivity contribution in [1.29, 1.82) is 0 Å². The summed E-state index contributed by atoms with van der Waals surface area (Å²) in [6.07, 6.45) is 0.988. The van der Waals surface area contributed by atoms with Gasteiger partial charge in [-0.3, -0.25) is 0 Å². The predicted octanol–water partition coefficient (Wildman–Crippen LogP) is 4.39. The van der Waals surface area contributed by atoms with Crippen LogP contribution in [0.25, 0.3) is 0 Å². The van der Waals surface area contributed by atoms with Crippen molar-refractivity contribution in [3.8, 4) is 0 Å². The molecule has 0 atom stereocenters. The van der Waals surface area contributed by atoms with Crippen molar-refractivity contribution in [3.05, 3.63) is 52.8 Å². The largest absolute Gasteiger partial charge is 0.397 e. The first-order chi connectivity index (χ1) is 9.02. The molecule has 0 fully saturated rings. The Kier molecular flexibility index (Phi) is 3.96. The molecule has 0 saturated heterocycles. The van der Waals surface area contributed by atoms with Gasteiger partial charge in [0.2, 0.25) is 0 Å². The highest BCUT2D eigenvalue weighted by atomic mass is 35.5. The number of hydrogen-bond acceptors (Lipinski definition) is 2. The SMILES string of the molecule is CCc1ccc(N(C)c2cc(F)c(Cl)cc2N)cc1. The van der Waals surface area contributed by atoms with E-state index >= 15 is 0 Å². The number of nitrogen functional groups attached to an aromatic ring is 1. The minimum atomic E-state index is -0.470. The summed E-state index contributed by atoms with van der Waals surface area (Å²) in [5.41, 5.74) is 9.15. The molecule has 2 aromatic rings. The smallest absolute Gasteiger partial charge is 0.144 e. The van der Waals surface area contributed by atoms with Gasteiger partial charge in [-0.25, -0.2) is 4.39 Å². The Morgan fingerprint density at radius 2 is 1.84 bits per heavy atom. The molecular weight excluding hydrogens is 263 g/mol. The molecule has 0 heterocycles. The van der Waals surface area contributed by atoms with Crippen LogP contribution in [0.1, 0.15) is 12.5 Å². The molecule has 0 spiro atoms. The molecule has 0 aliphatic carbocycles. The number of rotatable bonds is 3. The zero-order chi connectivity index (χ0) is 14.0. The molecule has 0 aliphatic heterocycles. The minimum Gasteiger partial charge on any atom is -0.397 e. The summed E-state index contributed by atoms with van der Waals surface area (Å²) >= 11 is 5.70. The van der Waals surface area contributed by atoms with Gasteiger partial charge in [-0.1, -0.05) is 30.7 Å². The fraction of sp³-hybridized carbons (Fsp3) is 0.200. The number of nitrogens with two attached hydrogens (primary N) is 1. The number of benzene rings is 2. The van der Waals surface area contributed by atoms with Gasteiger partial charge in [0.15, 0.2) is 0 Å². The number of aryl methyl sites for hydroxylation is 1. The van der Waals surface area contributed by atoms with Gasteiger partial charge in [0, 0.05) is 18.8 Å². The van der Waals surface area contributed by atoms with Gasteiger partial charge in [0.25, 0.3) is 0 Å². The molecular formula is C15H16ClFN2. The van der Waals surface area contributed by atoms with E-state index in [-0.39, 0.29) is 5.02 Å². The number of anilines is 3. The molecule has 0 aromatic heterocycles. The van der Waals surface area contributed by atoms with E-state index in [1.807, 2.05) is 36.2 Å². The van der Waals surface area contributed by atoms with E-state index in [0.717, 1.165) is 12.1 Å². The zero-order valence-corrected chi connectivity index (χ0v) is 11.7. The molecule has 2 nitrogen and oxygen atoms in total. The third-order valence-electron chi connectivity index (χ3n) is 3.16. The molecule has 2 N–H and O–H groups in total. The third-order valence-corrected chi connectivity index (χ3v) is 3.45. The molecule has 4 heteroatoms. The normalized spacial score (nSPS) is 10.5. The average Bonchev–Trinajstić information content (AvgIpc) is 2.42. The van der Waals surface area contributed by atoms with Crippen LogP contribution in [0, 0.1) is 5.82 Å². The minimum absolute atomic E-state index is 0.0379. The van der Waals surface area contributed by atoms with Gasteiger partial charge in [-0.2, -0.15) is 0 Å². The first-order valence-corrected chi connectivity index (χ1v) is 6.48. The van der Waals surface area contributed by atoms with Crippen molar-refractivity contribution in [2.24, 2.45) is 0 Å². The van der Waals surface area contributed by atoms with E-state index in [4.69, 9.17) is 17.3 Å². The van der Waals surface area contributed by atoms with Gasteiger partial charge in [0.1, 0.15) is 5.82 Å². The first-order valence-electron chi connectivity index (χ1n) is 6.10. The van der Waals surface area contributed by atoms with Crippen LogP contribution in [-0.2, 0) is 6.42 Å². The lowest BCUT2D eigenvalue weighted by atomic mass is 10.1. The number of hydrogen-bond donors (Lipinski definition) is 1. The Morgan fingerprint density at radius 1 is 1.21 bits per heavy atom. The van der Waals surface area contributed by atoms with Crippen molar-refractivity contribution in [1.82, 2.24) is 0 Å². The van der Waals surface area contributed by atoms with Gasteiger partial charge in [-0.15, -0.1) is 0 Å². The summed E-state index contributed by atoms with van der Waals surface area (Å²) in [7, 11) is 1.85. The highest BCUT2D eigenvalue weighted by Crippen LogP contribution is 2.32. The molecule has 100 valence electrons. The van der Waals surface area contributed by atoms with Crippen molar-refractivity contribution < 1.29 is 4.39 Å². The summed E-state index contributed by atoms with van der Waals surface area (Å²) in [6, 6.07) is 10.9. The van der Waals surface area contributed by atoms with Crippen LogP contribution < -0.4 is 10.6 Å².